The largest absolute Gasteiger partial charge is 0.493 e. The number of methoxy groups -OCH3 is 1. The summed E-state index contributed by atoms with van der Waals surface area (Å²) in [6, 6.07) is 0.688. The van der Waals surface area contributed by atoms with Crippen LogP contribution in [0.5, 0.6) is 5.75 Å². The Hall–Kier alpha value is -0.720. The van der Waals surface area contributed by atoms with E-state index in [0.29, 0.717) is 12.4 Å². The van der Waals surface area contributed by atoms with E-state index in [1.54, 1.807) is 22.6 Å². The monoisotopic (exact) mass is 298 g/mol. The Morgan fingerprint density at radius 2 is 2.08 bits per heavy atom. The predicted octanol–water partition coefficient (Wildman–Crippen LogP) is 2.39. The molecule has 0 aliphatic rings. The van der Waals surface area contributed by atoms with Gasteiger partial charge in [-0.05, 0) is 22.6 Å². The fourth-order valence-electron chi connectivity index (χ4n) is 0.910. The van der Waals surface area contributed by atoms with E-state index in [-0.39, 0.29) is 14.9 Å². The first-order valence-corrected chi connectivity index (χ1v) is 4.36. The van der Waals surface area contributed by atoms with Crippen LogP contribution in [0.25, 0.3) is 0 Å². The van der Waals surface area contributed by atoms with Crippen molar-refractivity contribution in [1.82, 2.24) is 0 Å². The van der Waals surface area contributed by atoms with Gasteiger partial charge in [0.05, 0.1) is 16.2 Å². The van der Waals surface area contributed by atoms with Crippen molar-refractivity contribution in [3.63, 3.8) is 0 Å². The first kappa shape index (κ1) is 10.4. The third-order valence-electron chi connectivity index (χ3n) is 1.48. The van der Waals surface area contributed by atoms with Crippen molar-refractivity contribution in [3.8, 4) is 5.75 Å². The molecule has 0 atom stereocenters. The molecule has 0 heterocycles. The lowest BCUT2D eigenvalue weighted by molar-refractivity contribution is 0.111. The molecule has 0 radical (unpaired) electrons. The van der Waals surface area contributed by atoms with Gasteiger partial charge >= 0.3 is 0 Å². The summed E-state index contributed by atoms with van der Waals surface area (Å²) in [7, 11) is 1.22. The highest BCUT2D eigenvalue weighted by Gasteiger charge is 2.16. The zero-order chi connectivity index (χ0) is 10.0. The Balaban J connectivity index is 3.50. The minimum atomic E-state index is -0.873. The lowest BCUT2D eigenvalue weighted by Gasteiger charge is -2.06. The first-order valence-electron chi connectivity index (χ1n) is 3.28. The molecule has 0 aromatic heterocycles. The van der Waals surface area contributed by atoms with Gasteiger partial charge in [0.15, 0.2) is 17.9 Å². The minimum absolute atomic E-state index is 0.0610. The molecule has 1 aromatic carbocycles. The average Bonchev–Trinajstić information content (AvgIpc) is 2.10. The standard InChI is InChI=1S/C8H5F2IO2/c1-13-8-4(3-12)7(11)5(9)2-6(8)10/h2-3H,1H3. The van der Waals surface area contributed by atoms with Crippen LogP contribution in [0.3, 0.4) is 0 Å². The summed E-state index contributed by atoms with van der Waals surface area (Å²) in [6.45, 7) is 0. The average molecular weight is 298 g/mol. The maximum Gasteiger partial charge on any atom is 0.168 e. The maximum atomic E-state index is 13.0. The fraction of sp³-hybridized carbons (Fsp3) is 0.125. The van der Waals surface area contributed by atoms with Crippen molar-refractivity contribution in [2.24, 2.45) is 0 Å². The van der Waals surface area contributed by atoms with Crippen molar-refractivity contribution in [3.05, 3.63) is 26.8 Å². The Labute approximate surface area is 87.0 Å². The molecular formula is C8H5F2IO2. The minimum Gasteiger partial charge on any atom is -0.493 e. The maximum absolute atomic E-state index is 13.0. The summed E-state index contributed by atoms with van der Waals surface area (Å²) in [5.41, 5.74) is -0.0967. The number of aldehydes is 1. The van der Waals surface area contributed by atoms with Crippen LogP contribution in [-0.4, -0.2) is 13.4 Å². The lowest BCUT2D eigenvalue weighted by Crippen LogP contribution is -2.00. The Morgan fingerprint density at radius 3 is 2.54 bits per heavy atom. The van der Waals surface area contributed by atoms with E-state index in [1.165, 1.54) is 7.11 Å². The predicted molar refractivity (Wildman–Crippen MR) is 51.0 cm³/mol. The molecule has 0 N–H and O–H groups in total. The molecule has 0 aliphatic carbocycles. The van der Waals surface area contributed by atoms with Crippen LogP contribution in [0, 0.1) is 15.2 Å². The number of carbonyl (C=O) groups is 1. The van der Waals surface area contributed by atoms with E-state index in [4.69, 9.17) is 0 Å². The van der Waals surface area contributed by atoms with Gasteiger partial charge in [-0.3, -0.25) is 4.79 Å². The van der Waals surface area contributed by atoms with E-state index >= 15 is 0 Å². The van der Waals surface area contributed by atoms with Crippen LogP contribution in [-0.2, 0) is 0 Å². The van der Waals surface area contributed by atoms with Gasteiger partial charge in [-0.25, -0.2) is 8.78 Å². The third-order valence-corrected chi connectivity index (χ3v) is 2.58. The molecule has 0 bridgehead atoms. The number of carbonyl (C=O) groups excluding carboxylic acids is 1. The van der Waals surface area contributed by atoms with Gasteiger partial charge in [-0.1, -0.05) is 0 Å². The van der Waals surface area contributed by atoms with Gasteiger partial charge in [-0.15, -0.1) is 0 Å². The van der Waals surface area contributed by atoms with Crippen molar-refractivity contribution in [2.45, 2.75) is 0 Å². The number of rotatable bonds is 2. The summed E-state index contributed by atoms with van der Waals surface area (Å²) in [5, 5.41) is 0. The highest BCUT2D eigenvalue weighted by molar-refractivity contribution is 14.1. The summed E-state index contributed by atoms with van der Waals surface area (Å²) >= 11 is 1.62. The van der Waals surface area contributed by atoms with Crippen molar-refractivity contribution < 1.29 is 18.3 Å². The molecule has 0 fully saturated rings. The van der Waals surface area contributed by atoms with E-state index < -0.39 is 11.6 Å². The van der Waals surface area contributed by atoms with Crippen LogP contribution in [0.4, 0.5) is 8.78 Å². The van der Waals surface area contributed by atoms with E-state index in [2.05, 4.69) is 4.74 Å². The molecule has 13 heavy (non-hydrogen) atoms. The summed E-state index contributed by atoms with van der Waals surface area (Å²) in [5.74, 6) is -1.86. The number of ether oxygens (including phenoxy) is 1. The number of hydrogen-bond donors (Lipinski definition) is 0. The van der Waals surface area contributed by atoms with Crippen molar-refractivity contribution in [1.29, 1.82) is 0 Å². The van der Waals surface area contributed by atoms with E-state index in [0.717, 1.165) is 0 Å². The molecule has 0 saturated heterocycles. The van der Waals surface area contributed by atoms with Gasteiger partial charge in [-0.2, -0.15) is 0 Å². The normalized spacial score (nSPS) is 9.85. The van der Waals surface area contributed by atoms with E-state index in [9.17, 15) is 13.6 Å². The van der Waals surface area contributed by atoms with Crippen LogP contribution in [0.15, 0.2) is 6.07 Å². The molecule has 70 valence electrons. The second-order valence-electron chi connectivity index (χ2n) is 2.22. The zero-order valence-corrected chi connectivity index (χ0v) is 8.76. The fourth-order valence-corrected chi connectivity index (χ4v) is 1.44. The number of halogens is 3. The third kappa shape index (κ3) is 1.79. The smallest absolute Gasteiger partial charge is 0.168 e. The number of benzene rings is 1. The summed E-state index contributed by atoms with van der Waals surface area (Å²) in [6.07, 6.45) is 0.368. The lowest BCUT2D eigenvalue weighted by atomic mass is 10.2. The molecule has 0 unspecified atom stereocenters. The second-order valence-corrected chi connectivity index (χ2v) is 3.30. The highest BCUT2D eigenvalue weighted by atomic mass is 127. The Morgan fingerprint density at radius 1 is 1.46 bits per heavy atom. The molecule has 1 aromatic rings. The van der Waals surface area contributed by atoms with Crippen LogP contribution in [0.2, 0.25) is 0 Å². The SMILES string of the molecule is COc1c(F)cc(F)c(I)c1C=O. The quantitative estimate of drug-likeness (QED) is 0.476. The molecule has 0 aliphatic heterocycles. The molecule has 0 amide bonds. The number of hydrogen-bond acceptors (Lipinski definition) is 2. The van der Waals surface area contributed by atoms with Gasteiger partial charge in [0.25, 0.3) is 0 Å². The topological polar surface area (TPSA) is 26.3 Å². The summed E-state index contributed by atoms with van der Waals surface area (Å²) < 4.78 is 30.5. The highest BCUT2D eigenvalue weighted by Crippen LogP contribution is 2.27. The van der Waals surface area contributed by atoms with Gasteiger partial charge in [0.1, 0.15) is 5.82 Å². The van der Waals surface area contributed by atoms with Gasteiger partial charge < -0.3 is 4.74 Å². The molecule has 0 saturated carbocycles. The molecule has 2 nitrogen and oxygen atoms in total. The first-order chi connectivity index (χ1) is 6.11. The van der Waals surface area contributed by atoms with Crippen LogP contribution < -0.4 is 4.74 Å². The second kappa shape index (κ2) is 3.99. The van der Waals surface area contributed by atoms with Crippen molar-refractivity contribution >= 4 is 28.9 Å². The Bertz CT molecular complexity index is 352. The molecule has 1 rings (SSSR count). The Kier molecular flexibility index (Phi) is 3.18. The molecule has 0 spiro atoms. The van der Waals surface area contributed by atoms with Crippen LogP contribution >= 0.6 is 22.6 Å². The van der Waals surface area contributed by atoms with Gasteiger partial charge in [0, 0.05) is 6.07 Å². The van der Waals surface area contributed by atoms with E-state index in [1.807, 2.05) is 0 Å². The van der Waals surface area contributed by atoms with Gasteiger partial charge in [0.2, 0.25) is 0 Å². The van der Waals surface area contributed by atoms with Crippen molar-refractivity contribution in [2.75, 3.05) is 7.11 Å². The zero-order valence-electron chi connectivity index (χ0n) is 6.61. The summed E-state index contributed by atoms with van der Waals surface area (Å²) in [4.78, 5) is 10.5. The molecule has 5 heteroatoms. The molecular weight excluding hydrogens is 293 g/mol. The van der Waals surface area contributed by atoms with Crippen LogP contribution in [0.1, 0.15) is 10.4 Å².